The van der Waals surface area contributed by atoms with E-state index < -0.39 is 0 Å². The zero-order valence-electron chi connectivity index (χ0n) is 9.03. The first-order chi connectivity index (χ1) is 7.86. The Morgan fingerprint density at radius 1 is 1.38 bits per heavy atom. The number of hydrogen-bond acceptors (Lipinski definition) is 3. The highest BCUT2D eigenvalue weighted by Crippen LogP contribution is 2.48. The van der Waals surface area contributed by atoms with E-state index in [1.54, 1.807) is 6.08 Å². The fourth-order valence-electron chi connectivity index (χ4n) is 2.70. The van der Waals surface area contributed by atoms with Crippen molar-refractivity contribution in [2.45, 2.75) is 36.1 Å². The Hall–Kier alpha value is -1.05. The van der Waals surface area contributed by atoms with Crippen molar-refractivity contribution in [3.8, 4) is 0 Å². The Morgan fingerprint density at radius 3 is 2.94 bits per heavy atom. The van der Waals surface area contributed by atoms with Gasteiger partial charge in [-0.05, 0) is 42.9 Å². The predicted molar refractivity (Wildman–Crippen MR) is 64.5 cm³/mol. The highest BCUT2D eigenvalue weighted by atomic mass is 32.2. The number of benzene rings is 1. The molecule has 0 aromatic heterocycles. The first-order valence-electron chi connectivity index (χ1n) is 5.70. The Bertz CT molecular complexity index is 473. The first kappa shape index (κ1) is 10.1. The van der Waals surface area contributed by atoms with E-state index in [-0.39, 0.29) is 5.54 Å². The lowest BCUT2D eigenvalue weighted by molar-refractivity contribution is 0.254. The average Bonchev–Trinajstić information content (AvgIpc) is 2.71. The summed E-state index contributed by atoms with van der Waals surface area (Å²) in [5.74, 6) is 1.16. The van der Waals surface area contributed by atoms with E-state index in [4.69, 9.17) is 0 Å². The molecule has 0 saturated heterocycles. The minimum Gasteiger partial charge on any atom is -0.211 e. The molecule has 0 bridgehead atoms. The van der Waals surface area contributed by atoms with Gasteiger partial charge < -0.3 is 0 Å². The molecule has 3 heteroatoms. The minimum atomic E-state index is -0.224. The van der Waals surface area contributed by atoms with Gasteiger partial charge in [0, 0.05) is 10.6 Å². The molecule has 0 atom stereocenters. The number of nitrogens with zero attached hydrogens (tertiary/aromatic N) is 1. The Labute approximate surface area is 99.2 Å². The summed E-state index contributed by atoms with van der Waals surface area (Å²) in [5.41, 5.74) is 2.48. The molecule has 82 valence electrons. The van der Waals surface area contributed by atoms with Crippen LogP contribution in [0.4, 0.5) is 0 Å². The van der Waals surface area contributed by atoms with Crippen LogP contribution in [0.25, 0.3) is 0 Å². The van der Waals surface area contributed by atoms with Gasteiger partial charge in [0.2, 0.25) is 6.08 Å². The van der Waals surface area contributed by atoms with E-state index in [0.29, 0.717) is 0 Å². The van der Waals surface area contributed by atoms with Gasteiger partial charge in [-0.15, -0.1) is 11.8 Å². The van der Waals surface area contributed by atoms with Gasteiger partial charge in [0.25, 0.3) is 0 Å². The molecule has 0 unspecified atom stereocenters. The van der Waals surface area contributed by atoms with Crippen LogP contribution in [0, 0.1) is 0 Å². The second-order valence-corrected chi connectivity index (χ2v) is 5.61. The first-order valence-corrected chi connectivity index (χ1v) is 6.68. The molecule has 0 radical (unpaired) electrons. The van der Waals surface area contributed by atoms with E-state index in [9.17, 15) is 4.79 Å². The number of aliphatic imine (C=N–C) groups is 1. The van der Waals surface area contributed by atoms with Crippen LogP contribution < -0.4 is 0 Å². The summed E-state index contributed by atoms with van der Waals surface area (Å²) in [6.07, 6.45) is 6.06. The van der Waals surface area contributed by atoms with Crippen LogP contribution in [0.1, 0.15) is 30.4 Å². The number of fused-ring (bicyclic) bond motifs is 1. The fraction of sp³-hybridized carbons (Fsp3) is 0.462. The largest absolute Gasteiger partial charge is 0.235 e. The van der Waals surface area contributed by atoms with Crippen molar-refractivity contribution in [3.05, 3.63) is 29.3 Å². The Kier molecular flexibility index (Phi) is 2.38. The smallest absolute Gasteiger partial charge is 0.211 e. The van der Waals surface area contributed by atoms with Crippen molar-refractivity contribution in [3.63, 3.8) is 0 Å². The molecular formula is C13H13NOS. The molecule has 1 aromatic carbocycles. The van der Waals surface area contributed by atoms with Gasteiger partial charge >= 0.3 is 0 Å². The number of isocyanates is 1. The second-order valence-electron chi connectivity index (χ2n) is 4.47. The zero-order valence-corrected chi connectivity index (χ0v) is 9.85. The molecule has 2 nitrogen and oxygen atoms in total. The minimum absolute atomic E-state index is 0.224. The Balaban J connectivity index is 2.12. The van der Waals surface area contributed by atoms with Crippen LogP contribution >= 0.6 is 11.8 Å². The lowest BCUT2D eigenvalue weighted by atomic mass is 9.70. The number of rotatable bonds is 2. The van der Waals surface area contributed by atoms with Gasteiger partial charge in [-0.1, -0.05) is 12.1 Å². The molecule has 16 heavy (non-hydrogen) atoms. The van der Waals surface area contributed by atoms with E-state index >= 15 is 0 Å². The van der Waals surface area contributed by atoms with Gasteiger partial charge in [-0.3, -0.25) is 0 Å². The maximum atomic E-state index is 10.6. The summed E-state index contributed by atoms with van der Waals surface area (Å²) in [7, 11) is 0. The third-order valence-corrected chi connectivity index (χ3v) is 4.79. The summed E-state index contributed by atoms with van der Waals surface area (Å²) in [6, 6.07) is 6.41. The normalized spacial score (nSPS) is 20.8. The van der Waals surface area contributed by atoms with E-state index in [1.165, 1.54) is 22.4 Å². The SMILES string of the molecule is O=C=NC1(c2cccc3c2CCS3)CCC1. The number of carbonyl (C=O) groups excluding carboxylic acids is 1. The predicted octanol–water partition coefficient (Wildman–Crippen LogP) is 3.05. The van der Waals surface area contributed by atoms with Crippen LogP contribution in [0.15, 0.2) is 28.1 Å². The molecule has 0 amide bonds. The molecule has 0 N–H and O–H groups in total. The van der Waals surface area contributed by atoms with Crippen LogP contribution in [0.5, 0.6) is 0 Å². The van der Waals surface area contributed by atoms with E-state index in [1.807, 2.05) is 11.8 Å². The van der Waals surface area contributed by atoms with Gasteiger partial charge in [-0.2, -0.15) is 4.99 Å². The lowest BCUT2D eigenvalue weighted by Crippen LogP contribution is -2.33. The molecule has 1 heterocycles. The van der Waals surface area contributed by atoms with Crippen molar-refractivity contribution in [1.82, 2.24) is 0 Å². The summed E-state index contributed by atoms with van der Waals surface area (Å²) in [6.45, 7) is 0. The molecular weight excluding hydrogens is 218 g/mol. The van der Waals surface area contributed by atoms with Crippen molar-refractivity contribution < 1.29 is 4.79 Å². The van der Waals surface area contributed by atoms with Crippen LogP contribution in [0.3, 0.4) is 0 Å². The number of thioether (sulfide) groups is 1. The average molecular weight is 231 g/mol. The number of hydrogen-bond donors (Lipinski definition) is 0. The molecule has 1 aliphatic heterocycles. The molecule has 2 aliphatic rings. The quantitative estimate of drug-likeness (QED) is 0.578. The maximum absolute atomic E-state index is 10.6. The summed E-state index contributed by atoms with van der Waals surface area (Å²) in [4.78, 5) is 16.1. The molecule has 1 saturated carbocycles. The summed E-state index contributed by atoms with van der Waals surface area (Å²) < 4.78 is 0. The third kappa shape index (κ3) is 1.35. The van der Waals surface area contributed by atoms with E-state index in [0.717, 1.165) is 25.0 Å². The van der Waals surface area contributed by atoms with Crippen LogP contribution in [0.2, 0.25) is 0 Å². The molecule has 1 fully saturated rings. The standard InChI is InChI=1S/C13H13NOS/c15-9-14-13(6-2-7-13)11-3-1-4-12-10(11)5-8-16-12/h1,3-4H,2,5-8H2. The zero-order chi connectivity index (χ0) is 11.0. The molecule has 1 aromatic rings. The van der Waals surface area contributed by atoms with Gasteiger partial charge in [0.1, 0.15) is 0 Å². The summed E-state index contributed by atoms with van der Waals surface area (Å²) in [5, 5.41) is 0. The third-order valence-electron chi connectivity index (χ3n) is 3.68. The van der Waals surface area contributed by atoms with Crippen molar-refractivity contribution in [2.24, 2.45) is 4.99 Å². The summed E-state index contributed by atoms with van der Waals surface area (Å²) >= 11 is 1.91. The monoisotopic (exact) mass is 231 g/mol. The highest BCUT2D eigenvalue weighted by Gasteiger charge is 2.41. The fourth-order valence-corrected chi connectivity index (χ4v) is 3.79. The Morgan fingerprint density at radius 2 is 2.25 bits per heavy atom. The van der Waals surface area contributed by atoms with Gasteiger partial charge in [0.15, 0.2) is 0 Å². The molecule has 0 spiro atoms. The second kappa shape index (κ2) is 3.76. The molecule has 1 aliphatic carbocycles. The van der Waals surface area contributed by atoms with Crippen molar-refractivity contribution in [1.29, 1.82) is 0 Å². The highest BCUT2D eigenvalue weighted by molar-refractivity contribution is 7.99. The lowest BCUT2D eigenvalue weighted by Gasteiger charge is -2.38. The topological polar surface area (TPSA) is 29.4 Å². The van der Waals surface area contributed by atoms with Crippen molar-refractivity contribution >= 4 is 17.8 Å². The maximum Gasteiger partial charge on any atom is 0.235 e. The van der Waals surface area contributed by atoms with Crippen molar-refractivity contribution in [2.75, 3.05) is 5.75 Å². The van der Waals surface area contributed by atoms with Crippen LogP contribution in [-0.4, -0.2) is 11.8 Å². The molecule has 3 rings (SSSR count). The van der Waals surface area contributed by atoms with Gasteiger partial charge in [-0.25, -0.2) is 4.79 Å². The van der Waals surface area contributed by atoms with Gasteiger partial charge in [0.05, 0.1) is 5.54 Å². The van der Waals surface area contributed by atoms with Crippen LogP contribution in [-0.2, 0) is 16.8 Å². The van der Waals surface area contributed by atoms with E-state index in [2.05, 4.69) is 23.2 Å².